The van der Waals surface area contributed by atoms with E-state index in [-0.39, 0.29) is 0 Å². The van der Waals surface area contributed by atoms with Crippen molar-refractivity contribution in [3.63, 3.8) is 0 Å². The van der Waals surface area contributed by atoms with Crippen molar-refractivity contribution >= 4 is 31.3 Å². The van der Waals surface area contributed by atoms with Gasteiger partial charge in [0.25, 0.3) is 0 Å². The number of unbranched alkanes of at least 4 members (excludes halogenated alkanes) is 7. The van der Waals surface area contributed by atoms with Crippen molar-refractivity contribution in [2.75, 3.05) is 0 Å². The fourth-order valence-electron chi connectivity index (χ4n) is 2.75. The van der Waals surface area contributed by atoms with Crippen LogP contribution in [0, 0.1) is 0 Å². The molecule has 130 valence electrons. The summed E-state index contributed by atoms with van der Waals surface area (Å²) in [7, 11) is 0. The molecule has 0 aromatic carbocycles. The van der Waals surface area contributed by atoms with Gasteiger partial charge in [0.2, 0.25) is 6.08 Å². The van der Waals surface area contributed by atoms with Gasteiger partial charge >= 0.3 is 0 Å². The number of hydrogen-bond donors (Lipinski definition) is 2. The average molecular weight is 346 g/mol. The van der Waals surface area contributed by atoms with Crippen LogP contribution in [0.25, 0.3) is 0 Å². The fraction of sp³-hybridized carbons (Fsp3) is 0.944. The third-order valence-electron chi connectivity index (χ3n) is 4.13. The van der Waals surface area contributed by atoms with Gasteiger partial charge in [-0.25, -0.2) is 9.79 Å². The molecular weight excluding hydrogens is 310 g/mol. The quantitative estimate of drug-likeness (QED) is 0.156. The second-order valence-corrected chi connectivity index (χ2v) is 7.91. The first-order chi connectivity index (χ1) is 10.7. The van der Waals surface area contributed by atoms with Crippen molar-refractivity contribution in [3.05, 3.63) is 0 Å². The molecule has 0 aromatic heterocycles. The fourth-order valence-corrected chi connectivity index (χ4v) is 3.11. The maximum Gasteiger partial charge on any atom is 0.235 e. The van der Waals surface area contributed by atoms with E-state index in [1.807, 2.05) is 0 Å². The van der Waals surface area contributed by atoms with Gasteiger partial charge in [-0.1, -0.05) is 77.6 Å². The van der Waals surface area contributed by atoms with Crippen molar-refractivity contribution in [1.29, 1.82) is 0 Å². The number of hydrogen-bond acceptors (Lipinski definition) is 4. The number of rotatable bonds is 10. The second-order valence-electron chi connectivity index (χ2n) is 6.26. The van der Waals surface area contributed by atoms with Crippen molar-refractivity contribution in [3.8, 4) is 0 Å². The first-order valence-electron chi connectivity index (χ1n) is 9.13. The number of aliphatic imine (C=N–C) groups is 1. The zero-order valence-corrected chi connectivity index (χ0v) is 16.1. The van der Waals surface area contributed by atoms with Gasteiger partial charge < -0.3 is 0 Å². The lowest BCUT2D eigenvalue weighted by Gasteiger charge is -2.14. The van der Waals surface area contributed by atoms with Gasteiger partial charge in [-0.3, -0.25) is 0 Å². The minimum Gasteiger partial charge on any atom is -0.211 e. The summed E-state index contributed by atoms with van der Waals surface area (Å²) in [5.41, 5.74) is 0. The maximum atomic E-state index is 9.78. The summed E-state index contributed by atoms with van der Waals surface area (Å²) in [4.78, 5) is 13.5. The van der Waals surface area contributed by atoms with E-state index >= 15 is 0 Å². The molecule has 0 aromatic rings. The highest BCUT2D eigenvalue weighted by Crippen LogP contribution is 2.19. The Balaban J connectivity index is 0.000000425. The third-order valence-corrected chi connectivity index (χ3v) is 4.64. The highest BCUT2D eigenvalue weighted by molar-refractivity contribution is 7.99. The second kappa shape index (κ2) is 17.4. The molecule has 1 aliphatic rings. The number of thiol groups is 2. The van der Waals surface area contributed by atoms with Gasteiger partial charge in [0.05, 0.1) is 6.04 Å². The summed E-state index contributed by atoms with van der Waals surface area (Å²) in [6, 6.07) is 0.302. The minimum absolute atomic E-state index is 0.292. The predicted octanol–water partition coefficient (Wildman–Crippen LogP) is 6.36. The van der Waals surface area contributed by atoms with E-state index in [0.717, 1.165) is 19.3 Å². The third kappa shape index (κ3) is 16.5. The van der Waals surface area contributed by atoms with Gasteiger partial charge in [0.1, 0.15) is 0 Å². The zero-order chi connectivity index (χ0) is 16.5. The van der Waals surface area contributed by atoms with E-state index in [2.05, 4.69) is 37.2 Å². The van der Waals surface area contributed by atoms with Crippen LogP contribution in [-0.2, 0) is 4.79 Å². The van der Waals surface area contributed by atoms with Crippen LogP contribution in [0.1, 0.15) is 96.8 Å². The molecule has 2 nitrogen and oxygen atoms in total. The largest absolute Gasteiger partial charge is 0.235 e. The van der Waals surface area contributed by atoms with Crippen molar-refractivity contribution < 1.29 is 4.79 Å². The lowest BCUT2D eigenvalue weighted by Crippen LogP contribution is -2.08. The van der Waals surface area contributed by atoms with Gasteiger partial charge in [0, 0.05) is 4.58 Å². The van der Waals surface area contributed by atoms with Crippen LogP contribution in [0.3, 0.4) is 0 Å². The van der Waals surface area contributed by atoms with E-state index in [0.29, 0.717) is 10.6 Å². The lowest BCUT2D eigenvalue weighted by atomic mass is 9.96. The van der Waals surface area contributed by atoms with E-state index in [9.17, 15) is 4.79 Å². The molecule has 1 saturated carbocycles. The Bertz CT molecular complexity index is 272. The van der Waals surface area contributed by atoms with Crippen LogP contribution in [-0.4, -0.2) is 16.7 Å². The molecule has 1 aliphatic carbocycles. The summed E-state index contributed by atoms with van der Waals surface area (Å²) in [5, 5.41) is 0. The van der Waals surface area contributed by atoms with Crippen molar-refractivity contribution in [2.24, 2.45) is 4.99 Å². The molecule has 22 heavy (non-hydrogen) atoms. The Labute approximate surface area is 148 Å². The molecule has 1 rings (SSSR count). The lowest BCUT2D eigenvalue weighted by molar-refractivity contribution is 0.439. The topological polar surface area (TPSA) is 29.4 Å². The Hall–Kier alpha value is 0.0800. The number of carbonyl (C=O) groups excluding carboxylic acids is 1. The van der Waals surface area contributed by atoms with Gasteiger partial charge in [-0.15, -0.1) is 0 Å². The van der Waals surface area contributed by atoms with Gasteiger partial charge in [-0.05, 0) is 19.3 Å². The molecule has 4 heteroatoms. The molecule has 0 atom stereocenters. The molecule has 0 unspecified atom stereocenters. The first-order valence-corrected chi connectivity index (χ1v) is 10.2. The van der Waals surface area contributed by atoms with Crippen LogP contribution in [0.4, 0.5) is 0 Å². The molecule has 0 amide bonds. The Morgan fingerprint density at radius 2 is 1.50 bits per heavy atom. The molecular formula is C18H35NOS2. The number of nitrogens with zero attached hydrogens (tertiary/aromatic N) is 1. The minimum atomic E-state index is 0.292. The zero-order valence-electron chi connectivity index (χ0n) is 14.3. The Kier molecular flexibility index (Phi) is 17.5. The predicted molar refractivity (Wildman–Crippen MR) is 104 cm³/mol. The van der Waals surface area contributed by atoms with Gasteiger partial charge in [0.15, 0.2) is 0 Å². The van der Waals surface area contributed by atoms with E-state index in [1.54, 1.807) is 6.08 Å². The van der Waals surface area contributed by atoms with Gasteiger partial charge in [-0.2, -0.15) is 25.3 Å². The molecule has 0 aliphatic heterocycles. The molecule has 0 bridgehead atoms. The van der Waals surface area contributed by atoms with E-state index in [1.165, 1.54) is 70.6 Å². The summed E-state index contributed by atoms with van der Waals surface area (Å²) in [6.45, 7) is 2.26. The highest BCUT2D eigenvalue weighted by Gasteiger charge is 2.10. The Morgan fingerprint density at radius 1 is 0.955 bits per heavy atom. The van der Waals surface area contributed by atoms with E-state index in [4.69, 9.17) is 0 Å². The SMILES string of the molecule is CCCCCCCCCCC(S)S.O=C=NC1CCCCC1. The van der Waals surface area contributed by atoms with Crippen LogP contribution in [0.15, 0.2) is 4.99 Å². The van der Waals surface area contributed by atoms with Crippen LogP contribution < -0.4 is 0 Å². The van der Waals surface area contributed by atoms with Crippen molar-refractivity contribution in [1.82, 2.24) is 0 Å². The molecule has 0 spiro atoms. The van der Waals surface area contributed by atoms with Crippen LogP contribution >= 0.6 is 25.3 Å². The molecule has 1 fully saturated rings. The monoisotopic (exact) mass is 345 g/mol. The molecule has 0 heterocycles. The molecule has 0 saturated heterocycles. The standard InChI is InChI=1S/C11H24S2.C7H11NO/c1-2-3-4-5-6-7-8-9-10-11(12)13;9-6-8-7-4-2-1-3-5-7/h11-13H,2-10H2,1H3;7H,1-5H2. The Morgan fingerprint density at radius 3 is 2.00 bits per heavy atom. The highest BCUT2D eigenvalue weighted by atomic mass is 32.2. The number of isocyanates is 1. The molecule has 0 radical (unpaired) electrons. The van der Waals surface area contributed by atoms with Crippen molar-refractivity contribution in [2.45, 2.75) is 107 Å². The van der Waals surface area contributed by atoms with Crippen LogP contribution in [0.5, 0.6) is 0 Å². The maximum absolute atomic E-state index is 9.78. The summed E-state index contributed by atoms with van der Waals surface area (Å²) >= 11 is 8.47. The summed E-state index contributed by atoms with van der Waals surface area (Å²) in [5.74, 6) is 0. The summed E-state index contributed by atoms with van der Waals surface area (Å²) < 4.78 is 0.292. The van der Waals surface area contributed by atoms with Crippen LogP contribution in [0.2, 0.25) is 0 Å². The summed E-state index contributed by atoms with van der Waals surface area (Å²) in [6.07, 6.45) is 19.8. The smallest absolute Gasteiger partial charge is 0.211 e. The average Bonchev–Trinajstić information content (AvgIpc) is 2.52. The molecule has 0 N–H and O–H groups in total. The van der Waals surface area contributed by atoms with E-state index < -0.39 is 0 Å². The normalized spacial score (nSPS) is 15.1. The first kappa shape index (κ1) is 22.1.